The molecule has 2 rings (SSSR count). The van der Waals surface area contributed by atoms with Crippen molar-refractivity contribution in [3.63, 3.8) is 0 Å². The Hall–Kier alpha value is -0.973. The van der Waals surface area contributed by atoms with Gasteiger partial charge in [0.1, 0.15) is 11.5 Å². The molecule has 1 radical (unpaired) electrons. The van der Waals surface area contributed by atoms with Gasteiger partial charge in [-0.05, 0) is 57.6 Å². The smallest absolute Gasteiger partial charge is 0.190 e. The van der Waals surface area contributed by atoms with Gasteiger partial charge in [-0.25, -0.2) is 0 Å². The van der Waals surface area contributed by atoms with Crippen molar-refractivity contribution in [2.45, 2.75) is 13.8 Å². The quantitative estimate of drug-likeness (QED) is 0.591. The third kappa shape index (κ3) is 5.00. The number of rotatable bonds is 6. The van der Waals surface area contributed by atoms with Gasteiger partial charge in [-0.3, -0.25) is 4.79 Å². The molecule has 2 aromatic rings. The van der Waals surface area contributed by atoms with Crippen LogP contribution in [-0.2, 0) is 0 Å². The Bertz CT molecular complexity index is 692. The zero-order chi connectivity index (χ0) is 16.1. The van der Waals surface area contributed by atoms with E-state index in [4.69, 9.17) is 21.1 Å². The second kappa shape index (κ2) is 9.35. The molecule has 0 spiro atoms. The molecule has 0 N–H and O–H groups in total. The molecule has 23 heavy (non-hydrogen) atoms. The van der Waals surface area contributed by atoms with Gasteiger partial charge < -0.3 is 9.47 Å². The summed E-state index contributed by atoms with van der Waals surface area (Å²) < 4.78 is 10.7. The van der Waals surface area contributed by atoms with Crippen LogP contribution < -0.4 is 14.8 Å². The second-order valence-electron chi connectivity index (χ2n) is 4.68. The summed E-state index contributed by atoms with van der Waals surface area (Å²) in [5.74, 6) is 1.32. The molecule has 0 aliphatic heterocycles. The minimum absolute atomic E-state index is 0. The van der Waals surface area contributed by atoms with Crippen LogP contribution in [-0.4, -0.2) is 38.1 Å². The number of hydrogen-bond acceptors (Lipinski definition) is 3. The topological polar surface area (TPSA) is 35.5 Å². The van der Waals surface area contributed by atoms with Gasteiger partial charge in [0.05, 0.1) is 24.3 Å². The molecule has 1 atom stereocenters. The van der Waals surface area contributed by atoms with E-state index in [0.29, 0.717) is 22.9 Å². The fraction of sp³-hybridized carbons (Fsp3) is 0.235. The maximum atomic E-state index is 12.6. The number of hydrogen-bond donors (Lipinski definition) is 0. The third-order valence-electron chi connectivity index (χ3n) is 3.18. The summed E-state index contributed by atoms with van der Waals surface area (Å²) in [7, 11) is 1.53. The Balaban J connectivity index is 0.00000264. The van der Waals surface area contributed by atoms with Gasteiger partial charge in [0.2, 0.25) is 0 Å². The standard InChI is InChI=1S/C17H18ClO3P.Li/c1-4-21-12-8-9-15(11(2)10-12)22-17(19)16-13(18)6-5-7-14(16)20-3;/h5-10,22H,4H2,1-3H3;. The van der Waals surface area contributed by atoms with Gasteiger partial charge in [0, 0.05) is 18.9 Å². The van der Waals surface area contributed by atoms with E-state index >= 15 is 0 Å². The van der Waals surface area contributed by atoms with E-state index in [9.17, 15) is 4.79 Å². The molecular formula is C17H18ClLiO3P. The molecule has 0 saturated heterocycles. The summed E-state index contributed by atoms with van der Waals surface area (Å²) in [6, 6.07) is 11.0. The van der Waals surface area contributed by atoms with Crippen LogP contribution in [0.2, 0.25) is 5.02 Å². The molecule has 0 bridgehead atoms. The first-order valence-electron chi connectivity index (χ1n) is 6.94. The number of benzene rings is 2. The van der Waals surface area contributed by atoms with Gasteiger partial charge >= 0.3 is 0 Å². The van der Waals surface area contributed by atoms with E-state index in [0.717, 1.165) is 16.6 Å². The second-order valence-corrected chi connectivity index (χ2v) is 6.33. The van der Waals surface area contributed by atoms with Gasteiger partial charge in [-0.15, -0.1) is 0 Å². The summed E-state index contributed by atoms with van der Waals surface area (Å²) in [6.45, 7) is 4.54. The van der Waals surface area contributed by atoms with Crippen molar-refractivity contribution < 1.29 is 14.3 Å². The molecule has 6 heteroatoms. The monoisotopic (exact) mass is 343 g/mol. The number of halogens is 1. The van der Waals surface area contributed by atoms with Crippen molar-refractivity contribution in [2.24, 2.45) is 0 Å². The normalized spacial score (nSPS) is 10.4. The molecule has 1 unspecified atom stereocenters. The molecular weight excluding hydrogens is 326 g/mol. The van der Waals surface area contributed by atoms with Crippen molar-refractivity contribution in [3.05, 3.63) is 52.5 Å². The van der Waals surface area contributed by atoms with Crippen molar-refractivity contribution in [2.75, 3.05) is 13.7 Å². The fourth-order valence-corrected chi connectivity index (χ4v) is 3.51. The minimum atomic E-state index is -0.0327. The summed E-state index contributed by atoms with van der Waals surface area (Å²) in [5.41, 5.74) is 1.44. The van der Waals surface area contributed by atoms with E-state index < -0.39 is 0 Å². The molecule has 0 saturated carbocycles. The van der Waals surface area contributed by atoms with E-state index in [1.54, 1.807) is 18.2 Å². The average molecular weight is 344 g/mol. The molecule has 117 valence electrons. The number of methoxy groups -OCH3 is 1. The molecule has 0 heterocycles. The molecule has 3 nitrogen and oxygen atoms in total. The molecule has 0 aliphatic rings. The predicted octanol–water partition coefficient (Wildman–Crippen LogP) is 3.82. The van der Waals surface area contributed by atoms with Gasteiger partial charge in [-0.1, -0.05) is 23.7 Å². The maximum absolute atomic E-state index is 12.6. The maximum Gasteiger partial charge on any atom is 0.190 e. The third-order valence-corrected chi connectivity index (χ3v) is 4.80. The number of carbonyl (C=O) groups excluding carboxylic acids is 1. The van der Waals surface area contributed by atoms with Crippen molar-refractivity contribution in [1.29, 1.82) is 0 Å². The van der Waals surface area contributed by atoms with Crippen LogP contribution in [0.3, 0.4) is 0 Å². The summed E-state index contributed by atoms with van der Waals surface area (Å²) in [6.07, 6.45) is 0. The largest absolute Gasteiger partial charge is 0.496 e. The van der Waals surface area contributed by atoms with E-state index in [1.807, 2.05) is 32.0 Å². The summed E-state index contributed by atoms with van der Waals surface area (Å²) >= 11 is 6.16. The molecule has 0 fully saturated rings. The van der Waals surface area contributed by atoms with Gasteiger partial charge in [0.25, 0.3) is 0 Å². The van der Waals surface area contributed by atoms with Gasteiger partial charge in [0.15, 0.2) is 5.52 Å². The minimum Gasteiger partial charge on any atom is -0.496 e. The van der Waals surface area contributed by atoms with Crippen LogP contribution in [0.25, 0.3) is 0 Å². The Kier molecular flexibility index (Phi) is 8.16. The van der Waals surface area contributed by atoms with Gasteiger partial charge in [-0.2, -0.15) is 0 Å². The first-order valence-corrected chi connectivity index (χ1v) is 8.32. The van der Waals surface area contributed by atoms with Crippen LogP contribution in [0, 0.1) is 6.92 Å². The molecule has 0 aliphatic carbocycles. The van der Waals surface area contributed by atoms with E-state index in [2.05, 4.69) is 0 Å². The summed E-state index contributed by atoms with van der Waals surface area (Å²) in [5, 5.41) is 1.40. The first-order chi connectivity index (χ1) is 10.6. The number of aryl methyl sites for hydroxylation is 1. The number of carbonyl (C=O) groups is 1. The molecule has 0 amide bonds. The van der Waals surface area contributed by atoms with Crippen molar-refractivity contribution in [3.8, 4) is 11.5 Å². The summed E-state index contributed by atoms with van der Waals surface area (Å²) in [4.78, 5) is 12.6. The van der Waals surface area contributed by atoms with E-state index in [1.165, 1.54) is 7.11 Å². The Morgan fingerprint density at radius 3 is 2.61 bits per heavy atom. The van der Waals surface area contributed by atoms with Crippen molar-refractivity contribution >= 4 is 49.9 Å². The average Bonchev–Trinajstić information content (AvgIpc) is 2.49. The SMILES string of the molecule is CCOc1ccc(PC(=O)c2c(Cl)cccc2OC)c(C)c1.[Li]. The fourth-order valence-electron chi connectivity index (χ4n) is 2.11. The zero-order valence-corrected chi connectivity index (χ0v) is 15.5. The Labute approximate surface area is 155 Å². The van der Waals surface area contributed by atoms with Crippen molar-refractivity contribution in [1.82, 2.24) is 0 Å². The first kappa shape index (κ1) is 20.1. The van der Waals surface area contributed by atoms with Crippen LogP contribution >= 0.6 is 20.2 Å². The Morgan fingerprint density at radius 2 is 2.00 bits per heavy atom. The zero-order valence-electron chi connectivity index (χ0n) is 13.8. The molecule has 2 aromatic carbocycles. The molecule has 0 aromatic heterocycles. The van der Waals surface area contributed by atoms with E-state index in [-0.39, 0.29) is 33.0 Å². The van der Waals surface area contributed by atoms with Crippen LogP contribution in [0.1, 0.15) is 22.8 Å². The van der Waals surface area contributed by atoms with Crippen LogP contribution in [0.4, 0.5) is 0 Å². The number of ether oxygens (including phenoxy) is 2. The van der Waals surface area contributed by atoms with Crippen LogP contribution in [0.5, 0.6) is 11.5 Å². The predicted molar refractivity (Wildman–Crippen MR) is 98.4 cm³/mol. The van der Waals surface area contributed by atoms with Crippen LogP contribution in [0.15, 0.2) is 36.4 Å². The Morgan fingerprint density at radius 1 is 1.26 bits per heavy atom.